The van der Waals surface area contributed by atoms with Gasteiger partial charge in [-0.2, -0.15) is 0 Å². The summed E-state index contributed by atoms with van der Waals surface area (Å²) in [7, 11) is 1.70. The molecule has 0 aromatic heterocycles. The molecule has 2 saturated heterocycles. The van der Waals surface area contributed by atoms with Crippen LogP contribution in [-0.2, 0) is 16.0 Å². The van der Waals surface area contributed by atoms with Gasteiger partial charge in [-0.25, -0.2) is 8.78 Å². The molecule has 0 bridgehead atoms. The standard InChI is InChI=1S/C20H28F2N4O2.HI/c1-23-20(24-7-4-16-14-17(21)2-3-18(16)22)26-8-5-15(6-9-26)19(27)25-10-12-28-13-11-25;/h2-3,14-15H,4-13H2,1H3,(H,23,24);1H. The Balaban J connectivity index is 0.00000300. The number of ether oxygens (including phenoxy) is 1. The van der Waals surface area contributed by atoms with Crippen LogP contribution in [0.15, 0.2) is 23.2 Å². The lowest BCUT2D eigenvalue weighted by molar-refractivity contribution is -0.140. The van der Waals surface area contributed by atoms with Crippen LogP contribution in [0.1, 0.15) is 18.4 Å². The minimum Gasteiger partial charge on any atom is -0.378 e. The van der Waals surface area contributed by atoms with E-state index >= 15 is 0 Å². The number of aliphatic imine (C=N–C) groups is 1. The van der Waals surface area contributed by atoms with Crippen LogP contribution in [0.4, 0.5) is 8.78 Å². The Kier molecular flexibility index (Phi) is 9.54. The van der Waals surface area contributed by atoms with Crippen molar-refractivity contribution in [1.82, 2.24) is 15.1 Å². The zero-order chi connectivity index (χ0) is 19.9. The van der Waals surface area contributed by atoms with Gasteiger partial charge in [-0.15, -0.1) is 24.0 Å². The molecule has 2 aliphatic heterocycles. The van der Waals surface area contributed by atoms with E-state index in [-0.39, 0.29) is 35.8 Å². The van der Waals surface area contributed by atoms with E-state index in [9.17, 15) is 13.6 Å². The van der Waals surface area contributed by atoms with E-state index in [2.05, 4.69) is 15.2 Å². The highest BCUT2D eigenvalue weighted by Crippen LogP contribution is 2.20. The maximum absolute atomic E-state index is 13.7. The summed E-state index contributed by atoms with van der Waals surface area (Å²) in [6.07, 6.45) is 1.94. The number of hydrogen-bond donors (Lipinski definition) is 1. The van der Waals surface area contributed by atoms with Gasteiger partial charge in [0, 0.05) is 45.7 Å². The Morgan fingerprint density at radius 3 is 2.52 bits per heavy atom. The molecular weight excluding hydrogens is 493 g/mol. The van der Waals surface area contributed by atoms with Crippen LogP contribution in [0.25, 0.3) is 0 Å². The van der Waals surface area contributed by atoms with Crippen molar-refractivity contribution in [3.63, 3.8) is 0 Å². The Morgan fingerprint density at radius 1 is 1.17 bits per heavy atom. The largest absolute Gasteiger partial charge is 0.378 e. The van der Waals surface area contributed by atoms with E-state index in [1.165, 1.54) is 6.07 Å². The van der Waals surface area contributed by atoms with Crippen LogP contribution in [0.3, 0.4) is 0 Å². The Labute approximate surface area is 187 Å². The molecule has 3 rings (SSSR count). The molecule has 29 heavy (non-hydrogen) atoms. The van der Waals surface area contributed by atoms with E-state index in [0.717, 1.165) is 44.0 Å². The Hall–Kier alpha value is -1.49. The van der Waals surface area contributed by atoms with Crippen molar-refractivity contribution in [3.05, 3.63) is 35.4 Å². The SMILES string of the molecule is CN=C(NCCc1cc(F)ccc1F)N1CCC(C(=O)N2CCOCC2)CC1.I. The first kappa shape index (κ1) is 23.8. The fourth-order valence-corrected chi connectivity index (χ4v) is 3.76. The van der Waals surface area contributed by atoms with E-state index in [0.29, 0.717) is 44.8 Å². The fourth-order valence-electron chi connectivity index (χ4n) is 3.76. The van der Waals surface area contributed by atoms with Gasteiger partial charge in [-0.05, 0) is 43.0 Å². The van der Waals surface area contributed by atoms with Gasteiger partial charge in [0.25, 0.3) is 0 Å². The first-order valence-electron chi connectivity index (χ1n) is 9.84. The second-order valence-electron chi connectivity index (χ2n) is 7.16. The van der Waals surface area contributed by atoms with Gasteiger partial charge >= 0.3 is 0 Å². The molecule has 2 heterocycles. The molecule has 0 radical (unpaired) electrons. The van der Waals surface area contributed by atoms with E-state index in [1.54, 1.807) is 7.05 Å². The number of carbonyl (C=O) groups excluding carboxylic acids is 1. The van der Waals surface area contributed by atoms with E-state index < -0.39 is 11.6 Å². The zero-order valence-corrected chi connectivity index (χ0v) is 19.0. The second-order valence-corrected chi connectivity index (χ2v) is 7.16. The average Bonchev–Trinajstić information content (AvgIpc) is 2.74. The monoisotopic (exact) mass is 522 g/mol. The summed E-state index contributed by atoms with van der Waals surface area (Å²) in [4.78, 5) is 20.9. The summed E-state index contributed by atoms with van der Waals surface area (Å²) in [5.41, 5.74) is 0.345. The summed E-state index contributed by atoms with van der Waals surface area (Å²) in [5, 5.41) is 3.22. The quantitative estimate of drug-likeness (QED) is 0.375. The summed E-state index contributed by atoms with van der Waals surface area (Å²) in [6, 6.07) is 3.49. The second kappa shape index (κ2) is 11.6. The van der Waals surface area contributed by atoms with Crippen LogP contribution < -0.4 is 5.32 Å². The van der Waals surface area contributed by atoms with Crippen LogP contribution in [0, 0.1) is 17.6 Å². The molecule has 1 aromatic rings. The first-order valence-corrected chi connectivity index (χ1v) is 9.84. The molecule has 2 fully saturated rings. The maximum atomic E-state index is 13.7. The van der Waals surface area contributed by atoms with E-state index in [1.807, 2.05) is 4.90 Å². The number of rotatable bonds is 4. The molecule has 1 N–H and O–H groups in total. The minimum atomic E-state index is -0.437. The van der Waals surface area contributed by atoms with Gasteiger partial charge in [0.1, 0.15) is 11.6 Å². The van der Waals surface area contributed by atoms with Crippen molar-refractivity contribution in [2.24, 2.45) is 10.9 Å². The van der Waals surface area contributed by atoms with Gasteiger partial charge in [0.05, 0.1) is 13.2 Å². The van der Waals surface area contributed by atoms with Crippen LogP contribution in [0.5, 0.6) is 0 Å². The number of halogens is 3. The highest BCUT2D eigenvalue weighted by molar-refractivity contribution is 14.0. The predicted molar refractivity (Wildman–Crippen MR) is 119 cm³/mol. The zero-order valence-electron chi connectivity index (χ0n) is 16.7. The third-order valence-corrected chi connectivity index (χ3v) is 5.36. The summed E-state index contributed by atoms with van der Waals surface area (Å²) >= 11 is 0. The van der Waals surface area contributed by atoms with Gasteiger partial charge in [-0.1, -0.05) is 0 Å². The highest BCUT2D eigenvalue weighted by Gasteiger charge is 2.30. The molecule has 2 aliphatic rings. The lowest BCUT2D eigenvalue weighted by atomic mass is 9.95. The molecule has 162 valence electrons. The number of likely N-dealkylation sites (tertiary alicyclic amines) is 1. The Morgan fingerprint density at radius 2 is 1.86 bits per heavy atom. The summed E-state index contributed by atoms with van der Waals surface area (Å²) < 4.78 is 32.3. The van der Waals surface area contributed by atoms with Crippen LogP contribution in [0.2, 0.25) is 0 Å². The topological polar surface area (TPSA) is 57.2 Å². The summed E-state index contributed by atoms with van der Waals surface area (Å²) in [5.74, 6) is 0.170. The van der Waals surface area contributed by atoms with Gasteiger partial charge < -0.3 is 19.9 Å². The first-order chi connectivity index (χ1) is 13.6. The van der Waals surface area contributed by atoms with Crippen LogP contribution in [-0.4, -0.2) is 74.7 Å². The molecule has 0 unspecified atom stereocenters. The number of amides is 1. The van der Waals surface area contributed by atoms with Crippen molar-refractivity contribution in [3.8, 4) is 0 Å². The fraction of sp³-hybridized carbons (Fsp3) is 0.600. The predicted octanol–water partition coefficient (Wildman–Crippen LogP) is 2.27. The van der Waals surface area contributed by atoms with Crippen molar-refractivity contribution in [2.75, 3.05) is 53.0 Å². The van der Waals surface area contributed by atoms with Crippen LogP contribution >= 0.6 is 24.0 Å². The summed E-state index contributed by atoms with van der Waals surface area (Å²) in [6.45, 7) is 4.54. The molecule has 1 amide bonds. The van der Waals surface area contributed by atoms with Gasteiger partial charge in [0.2, 0.25) is 5.91 Å². The maximum Gasteiger partial charge on any atom is 0.225 e. The number of benzene rings is 1. The number of piperidine rings is 1. The molecule has 0 atom stereocenters. The van der Waals surface area contributed by atoms with E-state index in [4.69, 9.17) is 4.74 Å². The number of morpholine rings is 1. The lowest BCUT2D eigenvalue weighted by Crippen LogP contribution is -2.50. The molecule has 0 spiro atoms. The molecule has 9 heteroatoms. The normalized spacial score (nSPS) is 18.4. The number of carbonyl (C=O) groups is 1. The number of hydrogen-bond acceptors (Lipinski definition) is 3. The third kappa shape index (κ3) is 6.50. The molecule has 0 aliphatic carbocycles. The number of guanidine groups is 1. The van der Waals surface area contributed by atoms with Crippen molar-refractivity contribution in [1.29, 1.82) is 0 Å². The number of nitrogens with zero attached hydrogens (tertiary/aromatic N) is 3. The van der Waals surface area contributed by atoms with Crippen molar-refractivity contribution >= 4 is 35.8 Å². The molecule has 1 aromatic carbocycles. The average molecular weight is 522 g/mol. The Bertz CT molecular complexity index is 706. The molecule has 6 nitrogen and oxygen atoms in total. The molecule has 0 saturated carbocycles. The number of nitrogens with one attached hydrogen (secondary N) is 1. The van der Waals surface area contributed by atoms with Crippen molar-refractivity contribution in [2.45, 2.75) is 19.3 Å². The molecular formula is C20H29F2IN4O2. The lowest BCUT2D eigenvalue weighted by Gasteiger charge is -2.36. The van der Waals surface area contributed by atoms with Gasteiger partial charge in [0.15, 0.2) is 5.96 Å². The smallest absolute Gasteiger partial charge is 0.225 e. The third-order valence-electron chi connectivity index (χ3n) is 5.36. The van der Waals surface area contributed by atoms with Crippen molar-refractivity contribution < 1.29 is 18.3 Å². The highest BCUT2D eigenvalue weighted by atomic mass is 127. The minimum absolute atomic E-state index is 0. The van der Waals surface area contributed by atoms with Gasteiger partial charge in [-0.3, -0.25) is 9.79 Å².